The Kier molecular flexibility index (Phi) is 3.57. The molecule has 0 unspecified atom stereocenters. The zero-order chi connectivity index (χ0) is 14.8. The number of rotatable bonds is 4. The monoisotopic (exact) mass is 302 g/mol. The van der Waals surface area contributed by atoms with Gasteiger partial charge in [-0.25, -0.2) is 4.52 Å². The van der Waals surface area contributed by atoms with Crippen LogP contribution in [-0.2, 0) is 4.79 Å². The molecular formula is C14H14N4O2S. The van der Waals surface area contributed by atoms with Crippen molar-refractivity contribution in [1.82, 2.24) is 14.6 Å². The minimum atomic E-state index is -0.105. The lowest BCUT2D eigenvalue weighted by Gasteiger charge is -2.06. The molecule has 3 aromatic rings. The molecule has 6 nitrogen and oxygen atoms in total. The van der Waals surface area contributed by atoms with Gasteiger partial charge in [-0.3, -0.25) is 10.1 Å². The Morgan fingerprint density at radius 3 is 3.00 bits per heavy atom. The number of carbonyl (C=O) groups excluding carboxylic acids is 1. The highest BCUT2D eigenvalue weighted by atomic mass is 32.1. The van der Waals surface area contributed by atoms with Gasteiger partial charge in [0, 0.05) is 17.4 Å². The summed E-state index contributed by atoms with van der Waals surface area (Å²) in [7, 11) is 1.64. The summed E-state index contributed by atoms with van der Waals surface area (Å²) in [6, 6.07) is 7.72. The lowest BCUT2D eigenvalue weighted by Crippen LogP contribution is -2.10. The van der Waals surface area contributed by atoms with Crippen molar-refractivity contribution < 1.29 is 9.53 Å². The van der Waals surface area contributed by atoms with Gasteiger partial charge in [-0.05, 0) is 12.1 Å². The van der Waals surface area contributed by atoms with Gasteiger partial charge in [0.2, 0.25) is 16.8 Å². The summed E-state index contributed by atoms with van der Waals surface area (Å²) in [4.78, 5) is 16.4. The first kappa shape index (κ1) is 13.6. The van der Waals surface area contributed by atoms with Crippen molar-refractivity contribution in [3.05, 3.63) is 29.6 Å². The number of nitrogens with zero attached hydrogens (tertiary/aromatic N) is 3. The van der Waals surface area contributed by atoms with E-state index in [-0.39, 0.29) is 5.91 Å². The number of benzene rings is 1. The summed E-state index contributed by atoms with van der Waals surface area (Å²) in [5, 5.41) is 8.98. The number of amides is 1. The van der Waals surface area contributed by atoms with Gasteiger partial charge in [-0.2, -0.15) is 4.98 Å². The number of hydrogen-bond acceptors (Lipinski definition) is 5. The van der Waals surface area contributed by atoms with E-state index in [9.17, 15) is 4.79 Å². The summed E-state index contributed by atoms with van der Waals surface area (Å²) in [5.41, 5.74) is 1.82. The average molecular weight is 302 g/mol. The van der Waals surface area contributed by atoms with E-state index in [1.165, 1.54) is 11.3 Å². The Morgan fingerprint density at radius 2 is 2.24 bits per heavy atom. The Balaban J connectivity index is 2.05. The molecule has 1 amide bonds. The zero-order valence-corrected chi connectivity index (χ0v) is 12.5. The Bertz CT molecular complexity index is 793. The molecule has 0 aliphatic heterocycles. The van der Waals surface area contributed by atoms with Crippen molar-refractivity contribution in [1.29, 1.82) is 0 Å². The summed E-state index contributed by atoms with van der Waals surface area (Å²) in [6.07, 6.45) is 0.395. The predicted octanol–water partition coefficient (Wildman–Crippen LogP) is 2.81. The maximum absolute atomic E-state index is 11.4. The number of methoxy groups -OCH3 is 1. The summed E-state index contributed by atoms with van der Waals surface area (Å²) in [6.45, 7) is 1.79. The first-order valence-electron chi connectivity index (χ1n) is 6.50. The van der Waals surface area contributed by atoms with Crippen LogP contribution >= 0.6 is 11.3 Å². The van der Waals surface area contributed by atoms with E-state index < -0.39 is 0 Å². The second-order valence-corrected chi connectivity index (χ2v) is 5.19. The topological polar surface area (TPSA) is 68.5 Å². The van der Waals surface area contributed by atoms with E-state index in [4.69, 9.17) is 4.74 Å². The third-order valence-corrected chi connectivity index (χ3v) is 3.85. The Morgan fingerprint density at radius 1 is 1.43 bits per heavy atom. The number of carbonyl (C=O) groups is 1. The fourth-order valence-electron chi connectivity index (χ4n) is 1.99. The number of para-hydroxylation sites is 1. The zero-order valence-electron chi connectivity index (χ0n) is 11.7. The van der Waals surface area contributed by atoms with Crippen LogP contribution in [0.25, 0.3) is 16.2 Å². The van der Waals surface area contributed by atoms with Gasteiger partial charge in [-0.15, -0.1) is 16.4 Å². The number of hydrogen-bond donors (Lipinski definition) is 1. The summed E-state index contributed by atoms with van der Waals surface area (Å²) < 4.78 is 7.10. The molecule has 0 radical (unpaired) electrons. The molecule has 0 fully saturated rings. The third kappa shape index (κ3) is 2.47. The Labute approximate surface area is 125 Å². The quantitative estimate of drug-likeness (QED) is 0.804. The summed E-state index contributed by atoms with van der Waals surface area (Å²) >= 11 is 1.47. The van der Waals surface area contributed by atoms with Crippen molar-refractivity contribution in [3.8, 4) is 17.0 Å². The first-order chi connectivity index (χ1) is 10.2. The van der Waals surface area contributed by atoms with E-state index in [2.05, 4.69) is 15.4 Å². The normalized spacial score (nSPS) is 10.8. The summed E-state index contributed by atoms with van der Waals surface area (Å²) in [5.74, 6) is 0.990. The highest BCUT2D eigenvalue weighted by molar-refractivity contribution is 7.15. The van der Waals surface area contributed by atoms with E-state index >= 15 is 0 Å². The van der Waals surface area contributed by atoms with Crippen LogP contribution in [0.2, 0.25) is 0 Å². The lowest BCUT2D eigenvalue weighted by atomic mass is 10.1. The van der Waals surface area contributed by atoms with Crippen LogP contribution in [0, 0.1) is 0 Å². The molecule has 2 aromatic heterocycles. The molecule has 0 saturated heterocycles. The molecule has 2 heterocycles. The van der Waals surface area contributed by atoms with Crippen molar-refractivity contribution >= 4 is 28.2 Å². The van der Waals surface area contributed by atoms with Crippen molar-refractivity contribution in [2.24, 2.45) is 0 Å². The van der Waals surface area contributed by atoms with Crippen molar-refractivity contribution in [2.45, 2.75) is 13.3 Å². The van der Waals surface area contributed by atoms with Crippen LogP contribution < -0.4 is 10.1 Å². The molecular weight excluding hydrogens is 288 g/mol. The van der Waals surface area contributed by atoms with E-state index in [0.717, 1.165) is 22.0 Å². The number of aromatic nitrogens is 3. The molecule has 0 saturated carbocycles. The van der Waals surface area contributed by atoms with E-state index in [0.29, 0.717) is 12.4 Å². The average Bonchev–Trinajstić information content (AvgIpc) is 3.06. The van der Waals surface area contributed by atoms with E-state index in [1.54, 1.807) is 18.5 Å². The minimum Gasteiger partial charge on any atom is -0.496 e. The molecule has 1 N–H and O–H groups in total. The second-order valence-electron chi connectivity index (χ2n) is 4.35. The standard InChI is InChI=1S/C14H14N4O2S/c1-3-12(19)15-13-16-14-18(17-13)10(8-21-14)9-6-4-5-7-11(9)20-2/h4-8H,3H2,1-2H3,(H,15,17,19). The SMILES string of the molecule is CCC(=O)Nc1nc2scc(-c3ccccc3OC)n2n1. The van der Waals surface area contributed by atoms with E-state index in [1.807, 2.05) is 29.6 Å². The number of thiazole rings is 1. The molecule has 0 spiro atoms. The van der Waals surface area contributed by atoms with Crippen molar-refractivity contribution in [2.75, 3.05) is 12.4 Å². The lowest BCUT2D eigenvalue weighted by molar-refractivity contribution is -0.115. The van der Waals surface area contributed by atoms with Gasteiger partial charge in [0.25, 0.3) is 0 Å². The predicted molar refractivity (Wildman–Crippen MR) is 81.8 cm³/mol. The molecule has 7 heteroatoms. The molecule has 0 bridgehead atoms. The van der Waals surface area contributed by atoms with Crippen LogP contribution in [0.15, 0.2) is 29.6 Å². The molecule has 0 aliphatic carbocycles. The van der Waals surface area contributed by atoms with Gasteiger partial charge in [-0.1, -0.05) is 19.1 Å². The fourth-order valence-corrected chi connectivity index (χ4v) is 2.81. The van der Waals surface area contributed by atoms with Crippen LogP contribution in [0.4, 0.5) is 5.95 Å². The van der Waals surface area contributed by atoms with Gasteiger partial charge in [0.05, 0.1) is 12.8 Å². The fraction of sp³-hybridized carbons (Fsp3) is 0.214. The highest BCUT2D eigenvalue weighted by Gasteiger charge is 2.15. The molecule has 0 aliphatic rings. The molecule has 0 atom stereocenters. The van der Waals surface area contributed by atoms with Crippen LogP contribution in [0.3, 0.4) is 0 Å². The van der Waals surface area contributed by atoms with Gasteiger partial charge in [0.1, 0.15) is 5.75 Å². The second kappa shape index (κ2) is 5.53. The van der Waals surface area contributed by atoms with Crippen LogP contribution in [0.5, 0.6) is 5.75 Å². The molecule has 1 aromatic carbocycles. The van der Waals surface area contributed by atoms with Crippen molar-refractivity contribution in [3.63, 3.8) is 0 Å². The molecule has 108 valence electrons. The number of ether oxygens (including phenoxy) is 1. The van der Waals surface area contributed by atoms with Gasteiger partial charge < -0.3 is 4.74 Å². The minimum absolute atomic E-state index is 0.105. The van der Waals surface area contributed by atoms with Gasteiger partial charge >= 0.3 is 0 Å². The van der Waals surface area contributed by atoms with Crippen LogP contribution in [0.1, 0.15) is 13.3 Å². The largest absolute Gasteiger partial charge is 0.496 e. The first-order valence-corrected chi connectivity index (χ1v) is 7.38. The number of fused-ring (bicyclic) bond motifs is 1. The maximum atomic E-state index is 11.4. The van der Waals surface area contributed by atoms with Gasteiger partial charge in [0.15, 0.2) is 0 Å². The number of nitrogens with one attached hydrogen (secondary N) is 1. The molecule has 3 rings (SSSR count). The maximum Gasteiger partial charge on any atom is 0.250 e. The third-order valence-electron chi connectivity index (χ3n) is 3.04. The molecule has 21 heavy (non-hydrogen) atoms. The van der Waals surface area contributed by atoms with Crippen LogP contribution in [-0.4, -0.2) is 27.6 Å². The Hall–Kier alpha value is -2.41. The highest BCUT2D eigenvalue weighted by Crippen LogP contribution is 2.32. The number of anilines is 1. The smallest absolute Gasteiger partial charge is 0.250 e.